The molecule has 1 aromatic heterocycles. The molecule has 1 aliphatic carbocycles. The molecular formula is C18H22FNS. The fourth-order valence-electron chi connectivity index (χ4n) is 3.46. The first-order valence-corrected chi connectivity index (χ1v) is 8.47. The van der Waals surface area contributed by atoms with Gasteiger partial charge in [-0.05, 0) is 87.0 Å². The van der Waals surface area contributed by atoms with Gasteiger partial charge >= 0.3 is 0 Å². The van der Waals surface area contributed by atoms with Crippen LogP contribution in [0.25, 0.3) is 0 Å². The number of hydrogen-bond donors (Lipinski definition) is 1. The van der Waals surface area contributed by atoms with E-state index in [9.17, 15) is 4.39 Å². The topological polar surface area (TPSA) is 12.0 Å². The van der Waals surface area contributed by atoms with Crippen molar-refractivity contribution >= 4 is 11.3 Å². The zero-order valence-corrected chi connectivity index (χ0v) is 13.7. The van der Waals surface area contributed by atoms with Gasteiger partial charge in [0.1, 0.15) is 5.82 Å². The van der Waals surface area contributed by atoms with Crippen LogP contribution in [0.1, 0.15) is 50.9 Å². The van der Waals surface area contributed by atoms with Gasteiger partial charge in [0.05, 0.1) is 6.04 Å². The van der Waals surface area contributed by atoms with Gasteiger partial charge in [-0.25, -0.2) is 4.39 Å². The molecular weight excluding hydrogens is 281 g/mol. The molecule has 21 heavy (non-hydrogen) atoms. The Kier molecular flexibility index (Phi) is 4.14. The van der Waals surface area contributed by atoms with Crippen LogP contribution in [0.2, 0.25) is 0 Å². The highest BCUT2D eigenvalue weighted by molar-refractivity contribution is 7.12. The summed E-state index contributed by atoms with van der Waals surface area (Å²) in [6.45, 7) is 4.01. The maximum absolute atomic E-state index is 13.5. The average molecular weight is 303 g/mol. The molecule has 0 bridgehead atoms. The van der Waals surface area contributed by atoms with E-state index in [0.29, 0.717) is 0 Å². The minimum atomic E-state index is -0.144. The van der Waals surface area contributed by atoms with E-state index in [1.807, 2.05) is 32.2 Å². The molecule has 1 aromatic carbocycles. The molecule has 3 heteroatoms. The summed E-state index contributed by atoms with van der Waals surface area (Å²) in [6, 6.07) is 5.81. The van der Waals surface area contributed by atoms with Crippen molar-refractivity contribution in [1.82, 2.24) is 5.32 Å². The van der Waals surface area contributed by atoms with Gasteiger partial charge in [-0.15, -0.1) is 11.3 Å². The predicted molar refractivity (Wildman–Crippen MR) is 87.7 cm³/mol. The summed E-state index contributed by atoms with van der Waals surface area (Å²) in [5.74, 6) is -0.144. The number of hydrogen-bond acceptors (Lipinski definition) is 2. The monoisotopic (exact) mass is 303 g/mol. The zero-order chi connectivity index (χ0) is 15.0. The number of halogens is 1. The van der Waals surface area contributed by atoms with E-state index < -0.39 is 0 Å². The molecule has 1 nitrogen and oxygen atoms in total. The van der Waals surface area contributed by atoms with Crippen molar-refractivity contribution in [3.63, 3.8) is 0 Å². The number of thiophene rings is 1. The fraction of sp³-hybridized carbons (Fsp3) is 0.444. The third-order valence-corrected chi connectivity index (χ3v) is 5.74. The maximum atomic E-state index is 13.5. The second-order valence-corrected chi connectivity index (χ2v) is 7.15. The third-order valence-electron chi connectivity index (χ3n) is 4.44. The van der Waals surface area contributed by atoms with Crippen molar-refractivity contribution in [2.45, 2.75) is 45.6 Å². The summed E-state index contributed by atoms with van der Waals surface area (Å²) in [4.78, 5) is 2.91. The molecule has 1 N–H and O–H groups in total. The van der Waals surface area contributed by atoms with Crippen LogP contribution in [0.3, 0.4) is 0 Å². The number of rotatable bonds is 3. The highest BCUT2D eigenvalue weighted by Gasteiger charge is 2.22. The fourth-order valence-corrected chi connectivity index (χ4v) is 4.84. The van der Waals surface area contributed by atoms with Crippen molar-refractivity contribution in [3.8, 4) is 0 Å². The minimum absolute atomic E-state index is 0.144. The van der Waals surface area contributed by atoms with Crippen molar-refractivity contribution in [2.75, 3.05) is 7.05 Å². The first-order chi connectivity index (χ1) is 10.1. The van der Waals surface area contributed by atoms with Crippen molar-refractivity contribution in [1.29, 1.82) is 0 Å². The first-order valence-electron chi connectivity index (χ1n) is 7.65. The lowest BCUT2D eigenvalue weighted by molar-refractivity contribution is 0.619. The summed E-state index contributed by atoms with van der Waals surface area (Å²) in [5.41, 5.74) is 4.80. The van der Waals surface area contributed by atoms with E-state index in [0.717, 1.165) is 11.1 Å². The van der Waals surface area contributed by atoms with Gasteiger partial charge < -0.3 is 5.32 Å². The van der Waals surface area contributed by atoms with E-state index in [-0.39, 0.29) is 11.9 Å². The Bertz CT molecular complexity index is 613. The lowest BCUT2D eigenvalue weighted by Gasteiger charge is -2.20. The zero-order valence-electron chi connectivity index (χ0n) is 12.9. The molecule has 0 fully saturated rings. The van der Waals surface area contributed by atoms with E-state index in [1.54, 1.807) is 17.0 Å². The summed E-state index contributed by atoms with van der Waals surface area (Å²) in [6.07, 6.45) is 5.05. The molecule has 2 aromatic rings. The average Bonchev–Trinajstić information content (AvgIpc) is 2.85. The molecule has 0 saturated carbocycles. The second kappa shape index (κ2) is 5.90. The minimum Gasteiger partial charge on any atom is -0.309 e. The van der Waals surface area contributed by atoms with E-state index >= 15 is 0 Å². The molecule has 112 valence electrons. The largest absolute Gasteiger partial charge is 0.309 e. The standard InChI is InChI=1S/C18H22FNS/c1-11-8-14(19)9-12(2)17(11)18(20-3)16-10-13-6-4-5-7-15(13)21-16/h8-10,18,20H,4-7H2,1-3H3. The first kappa shape index (κ1) is 14.7. The Morgan fingerprint density at radius 1 is 1.10 bits per heavy atom. The maximum Gasteiger partial charge on any atom is 0.123 e. The summed E-state index contributed by atoms with van der Waals surface area (Å²) in [7, 11) is 1.99. The number of benzene rings is 1. The van der Waals surface area contributed by atoms with Crippen LogP contribution >= 0.6 is 11.3 Å². The van der Waals surface area contributed by atoms with E-state index in [4.69, 9.17) is 0 Å². The highest BCUT2D eigenvalue weighted by Crippen LogP contribution is 2.37. The number of aryl methyl sites for hydroxylation is 4. The molecule has 0 amide bonds. The summed E-state index contributed by atoms with van der Waals surface area (Å²) < 4.78 is 13.5. The van der Waals surface area contributed by atoms with Crippen molar-refractivity contribution in [3.05, 3.63) is 56.0 Å². The van der Waals surface area contributed by atoms with Crippen LogP contribution in [-0.4, -0.2) is 7.05 Å². The summed E-state index contributed by atoms with van der Waals surface area (Å²) in [5, 5.41) is 3.43. The Morgan fingerprint density at radius 2 is 1.76 bits per heavy atom. The Balaban J connectivity index is 2.04. The molecule has 0 aliphatic heterocycles. The SMILES string of the molecule is CNC(c1cc2c(s1)CCCC2)c1c(C)cc(F)cc1C. The van der Waals surface area contributed by atoms with Crippen molar-refractivity contribution < 1.29 is 4.39 Å². The van der Waals surface area contributed by atoms with Gasteiger partial charge in [-0.1, -0.05) is 0 Å². The lowest BCUT2D eigenvalue weighted by atomic mass is 9.93. The van der Waals surface area contributed by atoms with Gasteiger partial charge in [0.15, 0.2) is 0 Å². The molecule has 3 rings (SSSR count). The van der Waals surface area contributed by atoms with Crippen LogP contribution in [0.15, 0.2) is 18.2 Å². The van der Waals surface area contributed by atoms with Gasteiger partial charge in [-0.2, -0.15) is 0 Å². The van der Waals surface area contributed by atoms with Crippen LogP contribution in [-0.2, 0) is 12.8 Å². The van der Waals surface area contributed by atoms with Crippen LogP contribution in [0.4, 0.5) is 4.39 Å². The quantitative estimate of drug-likeness (QED) is 0.867. The molecule has 1 heterocycles. The second-order valence-electron chi connectivity index (χ2n) is 5.98. The van der Waals surface area contributed by atoms with Gasteiger partial charge in [-0.3, -0.25) is 0 Å². The van der Waals surface area contributed by atoms with Gasteiger partial charge in [0.2, 0.25) is 0 Å². The Morgan fingerprint density at radius 3 is 2.38 bits per heavy atom. The third kappa shape index (κ3) is 2.77. The number of nitrogens with one attached hydrogen (secondary N) is 1. The summed E-state index contributed by atoms with van der Waals surface area (Å²) >= 11 is 1.93. The Labute approximate surface area is 130 Å². The lowest BCUT2D eigenvalue weighted by Crippen LogP contribution is -2.19. The van der Waals surface area contributed by atoms with E-state index in [1.165, 1.54) is 41.7 Å². The van der Waals surface area contributed by atoms with Crippen LogP contribution in [0.5, 0.6) is 0 Å². The molecule has 1 aliphatic rings. The molecule has 0 radical (unpaired) electrons. The molecule has 1 atom stereocenters. The molecule has 0 spiro atoms. The van der Waals surface area contributed by atoms with E-state index in [2.05, 4.69) is 11.4 Å². The normalized spacial score (nSPS) is 15.8. The molecule has 0 saturated heterocycles. The Hall–Kier alpha value is -1.19. The smallest absolute Gasteiger partial charge is 0.123 e. The van der Waals surface area contributed by atoms with Crippen LogP contribution in [0, 0.1) is 19.7 Å². The highest BCUT2D eigenvalue weighted by atomic mass is 32.1. The van der Waals surface area contributed by atoms with Crippen molar-refractivity contribution in [2.24, 2.45) is 0 Å². The van der Waals surface area contributed by atoms with Gasteiger partial charge in [0.25, 0.3) is 0 Å². The van der Waals surface area contributed by atoms with Crippen LogP contribution < -0.4 is 5.32 Å². The molecule has 1 unspecified atom stereocenters. The predicted octanol–water partition coefficient (Wildman–Crippen LogP) is 4.69. The number of fused-ring (bicyclic) bond motifs is 1. The van der Waals surface area contributed by atoms with Gasteiger partial charge in [0, 0.05) is 9.75 Å².